The molecule has 0 spiro atoms. The van der Waals surface area contributed by atoms with Crippen LogP contribution < -0.4 is 0 Å². The van der Waals surface area contributed by atoms with Gasteiger partial charge in [0, 0.05) is 5.41 Å². The fourth-order valence-corrected chi connectivity index (χ4v) is 13.3. The van der Waals surface area contributed by atoms with Crippen molar-refractivity contribution in [2.45, 2.75) is 503 Å². The fourth-order valence-electron chi connectivity index (χ4n) is 13.3. The molecule has 0 aliphatic carbocycles. The Balaban J connectivity index is -0.000000109. The van der Waals surface area contributed by atoms with Gasteiger partial charge in [0.05, 0.1) is 0 Å². The summed E-state index contributed by atoms with van der Waals surface area (Å²) in [7, 11) is 0. The predicted molar refractivity (Wildman–Crippen MR) is 429 cm³/mol. The van der Waals surface area contributed by atoms with Gasteiger partial charge in [0.2, 0.25) is 0 Å². The van der Waals surface area contributed by atoms with Gasteiger partial charge < -0.3 is 0 Å². The van der Waals surface area contributed by atoms with E-state index in [-0.39, 0.29) is 35.0 Å². The van der Waals surface area contributed by atoms with Gasteiger partial charge in [-0.3, -0.25) is 0 Å². The fraction of sp³-hybridized carbons (Fsp3) is 1.00. The molecule has 0 aromatic heterocycles. The van der Waals surface area contributed by atoms with Crippen LogP contribution in [0.1, 0.15) is 452 Å². The number of alkyl halides is 9. The Labute approximate surface area is 609 Å². The van der Waals surface area contributed by atoms with Crippen LogP contribution in [0.3, 0.4) is 0 Å². The van der Waals surface area contributed by atoms with Gasteiger partial charge in [0.15, 0.2) is 0 Å². The summed E-state index contributed by atoms with van der Waals surface area (Å²) < 4.78 is 120. The van der Waals surface area contributed by atoms with Crippen molar-refractivity contribution >= 4 is 0 Å². The SMILES string of the molecule is CC(C)C(C(C)C)C(C)(C)F.CCC(C)(CC)C(C)(C)C.CCC(C)(CC)[C@@](C)(F)CC.CCC(C)(F)CC.CCC(CC)[C@@](C)(F)CC.CCCC(C)(F)CCC.CCC[C@@](C)(F)CC.CCC[C@](C)(F)C(CC)CC.CC[C@](C)(F)C(C(C)C)C(C)C.CC[C@](C)(F)C(C)C. The molecule has 602 valence electrons. The van der Waals surface area contributed by atoms with Gasteiger partial charge in [-0.05, 0) is 217 Å². The van der Waals surface area contributed by atoms with Crippen molar-refractivity contribution in [1.29, 1.82) is 0 Å². The molecule has 9 heteroatoms. The first-order valence-electron chi connectivity index (χ1n) is 40.6. The van der Waals surface area contributed by atoms with E-state index in [4.69, 9.17) is 0 Å². The predicted octanol–water partition coefficient (Wildman–Crippen LogP) is 34.6. The molecule has 0 aliphatic rings. The highest BCUT2D eigenvalue weighted by molar-refractivity contribution is 4.91. The molecule has 0 N–H and O–H groups in total. The summed E-state index contributed by atoms with van der Waals surface area (Å²) in [4.78, 5) is 0. The highest BCUT2D eigenvalue weighted by Crippen LogP contribution is 2.45. The molecule has 0 amide bonds. The quantitative estimate of drug-likeness (QED) is 0.0575. The molecule has 0 nitrogen and oxygen atoms in total. The van der Waals surface area contributed by atoms with Crippen molar-refractivity contribution in [2.75, 3.05) is 0 Å². The number of hydrogen-bond acceptors (Lipinski definition) is 0. The van der Waals surface area contributed by atoms with Crippen molar-refractivity contribution in [2.24, 2.45) is 69.5 Å². The summed E-state index contributed by atoms with van der Waals surface area (Å²) in [5.41, 5.74) is -7.76. The highest BCUT2D eigenvalue weighted by atomic mass is 19.2. The smallest absolute Gasteiger partial charge is 0.113 e. The van der Waals surface area contributed by atoms with E-state index in [9.17, 15) is 39.5 Å². The van der Waals surface area contributed by atoms with Crippen LogP contribution in [0.2, 0.25) is 0 Å². The Hall–Kier alpha value is -0.630. The molecular formula is C88H187F9. The Morgan fingerprint density at radius 3 is 0.588 bits per heavy atom. The van der Waals surface area contributed by atoms with Gasteiger partial charge >= 0.3 is 0 Å². The molecule has 0 saturated heterocycles. The summed E-state index contributed by atoms with van der Waals surface area (Å²) in [6.07, 6.45) is 19.3. The van der Waals surface area contributed by atoms with Gasteiger partial charge in [-0.15, -0.1) is 0 Å². The lowest BCUT2D eigenvalue weighted by Gasteiger charge is -2.40. The van der Waals surface area contributed by atoms with Gasteiger partial charge in [0.25, 0.3) is 0 Å². The van der Waals surface area contributed by atoms with Gasteiger partial charge in [-0.25, -0.2) is 39.5 Å². The van der Waals surface area contributed by atoms with Crippen LogP contribution in [0, 0.1) is 69.5 Å². The van der Waals surface area contributed by atoms with Crippen LogP contribution in [0.5, 0.6) is 0 Å². The van der Waals surface area contributed by atoms with E-state index in [1.165, 1.54) is 12.8 Å². The molecule has 6 atom stereocenters. The Kier molecular flexibility index (Phi) is 69.8. The first-order chi connectivity index (χ1) is 43.4. The molecule has 0 unspecified atom stereocenters. The Morgan fingerprint density at radius 1 is 0.237 bits per heavy atom. The monoisotopic (exact) mass is 1420 g/mol. The van der Waals surface area contributed by atoms with E-state index in [1.807, 2.05) is 96.9 Å². The van der Waals surface area contributed by atoms with Crippen LogP contribution in [0.25, 0.3) is 0 Å². The van der Waals surface area contributed by atoms with Crippen LogP contribution in [-0.2, 0) is 0 Å². The van der Waals surface area contributed by atoms with E-state index in [0.717, 1.165) is 64.2 Å². The molecule has 0 rings (SSSR count). The van der Waals surface area contributed by atoms with Crippen molar-refractivity contribution < 1.29 is 39.5 Å². The summed E-state index contributed by atoms with van der Waals surface area (Å²) in [6, 6.07) is 0. The second-order valence-corrected chi connectivity index (χ2v) is 34.6. The zero-order valence-electron chi connectivity index (χ0n) is 74.9. The van der Waals surface area contributed by atoms with Crippen LogP contribution in [0.4, 0.5) is 39.5 Å². The molecule has 0 saturated carbocycles. The summed E-state index contributed by atoms with van der Waals surface area (Å²) >= 11 is 0. The van der Waals surface area contributed by atoms with Crippen molar-refractivity contribution in [3.63, 3.8) is 0 Å². The van der Waals surface area contributed by atoms with Crippen LogP contribution in [0.15, 0.2) is 0 Å². The van der Waals surface area contributed by atoms with Crippen LogP contribution >= 0.6 is 0 Å². The molecule has 0 bridgehead atoms. The zero-order valence-corrected chi connectivity index (χ0v) is 74.9. The highest BCUT2D eigenvalue weighted by Gasteiger charge is 2.41. The van der Waals surface area contributed by atoms with Crippen LogP contribution in [-0.4, -0.2) is 51.0 Å². The lowest BCUT2D eigenvalue weighted by molar-refractivity contribution is 0.00941. The van der Waals surface area contributed by atoms with E-state index < -0.39 is 51.0 Å². The number of hydrogen-bond donors (Lipinski definition) is 0. The lowest BCUT2D eigenvalue weighted by atomic mass is 9.65. The summed E-state index contributed by atoms with van der Waals surface area (Å²) in [5.74, 6) is 2.71. The lowest BCUT2D eigenvalue weighted by Crippen LogP contribution is -2.38. The second-order valence-electron chi connectivity index (χ2n) is 34.6. The zero-order chi connectivity index (χ0) is 80.5. The third-order valence-electron chi connectivity index (χ3n) is 23.4. The van der Waals surface area contributed by atoms with Crippen molar-refractivity contribution in [3.8, 4) is 0 Å². The second kappa shape index (κ2) is 57.7. The molecular weight excluding hydrogens is 1230 g/mol. The standard InChI is InChI=1S/C11H23F.3C10H21F.C10H22.C9H19F.C8H17F.2C7H15F.C6H13F/c1-7-11(6,12)10(8(2)3)9(4)5;1-7(2)9(8(3)4)10(5,6)11;1-6-9(4,7-2)10(5,11)8-3;1-5-8-10(4,11)9(6-2)7-3;1-7-10(6,8-2)9(3,4)5;1-5-8(6-2)9(4,10)7-3;1-4-6-8(3,9)7-5-2;1-5-7(4,8)6(2)3;1-4-6-7(3,8)5-2;1-4-6(3,7)5-2/h8-10H,7H2,1-6H3;7-9H,1-6H3;6-8H2,1-5H3;9H,5-8H2,1-4H3;7-8H2,1-6H3;8H,5-7H2,1-4H3;4-7H2,1-3H3;6H,5H2,1-4H3;4-6H2,1-3H3;4-5H2,1-3H3/t11-;;2*10-;;9-;;2*7-;/m0.00.0.00./s1. The van der Waals surface area contributed by atoms with E-state index in [2.05, 4.69) is 138 Å². The maximum atomic E-state index is 14.0. The third kappa shape index (κ3) is 57.4. The van der Waals surface area contributed by atoms with E-state index in [0.29, 0.717) is 105 Å². The molecule has 0 heterocycles. The minimum Gasteiger partial charge on any atom is -0.244 e. The number of rotatable bonds is 33. The Bertz CT molecular complexity index is 1620. The number of halogens is 9. The molecule has 0 aromatic rings. The minimum atomic E-state index is -1.04. The van der Waals surface area contributed by atoms with E-state index in [1.54, 1.807) is 69.2 Å². The third-order valence-corrected chi connectivity index (χ3v) is 23.4. The molecule has 0 fully saturated rings. The van der Waals surface area contributed by atoms with E-state index >= 15 is 0 Å². The minimum absolute atomic E-state index is 0.137. The average Bonchev–Trinajstić information content (AvgIpc) is 0.852. The van der Waals surface area contributed by atoms with Gasteiger partial charge in [-0.2, -0.15) is 0 Å². The Morgan fingerprint density at radius 2 is 0.495 bits per heavy atom. The molecule has 0 aromatic carbocycles. The first-order valence-corrected chi connectivity index (χ1v) is 40.6. The van der Waals surface area contributed by atoms with Gasteiger partial charge in [-0.1, -0.05) is 300 Å². The summed E-state index contributed by atoms with van der Waals surface area (Å²) in [5, 5.41) is 0. The summed E-state index contributed by atoms with van der Waals surface area (Å²) in [6.45, 7) is 87.2. The molecule has 0 radical (unpaired) electrons. The largest absolute Gasteiger partial charge is 0.244 e. The topological polar surface area (TPSA) is 0 Å². The van der Waals surface area contributed by atoms with Crippen molar-refractivity contribution in [1.82, 2.24) is 0 Å². The maximum absolute atomic E-state index is 14.0. The maximum Gasteiger partial charge on any atom is 0.113 e. The molecule has 97 heavy (non-hydrogen) atoms. The molecule has 0 aliphatic heterocycles. The average molecular weight is 1420 g/mol. The normalized spacial score (nSPS) is 15.9. The first kappa shape index (κ1) is 118. The van der Waals surface area contributed by atoms with Gasteiger partial charge in [0.1, 0.15) is 51.0 Å². The van der Waals surface area contributed by atoms with Crippen molar-refractivity contribution in [3.05, 3.63) is 0 Å².